The number of ether oxygens (including phenoxy) is 1. The molecule has 1 saturated carbocycles. The smallest absolute Gasteiger partial charge is 0.228 e. The van der Waals surface area contributed by atoms with Gasteiger partial charge in [0.2, 0.25) is 5.95 Å². The van der Waals surface area contributed by atoms with Crippen LogP contribution in [0.5, 0.6) is 11.8 Å². The van der Waals surface area contributed by atoms with Gasteiger partial charge in [-0.15, -0.1) is 0 Å². The van der Waals surface area contributed by atoms with Crippen LogP contribution in [-0.2, 0) is 11.3 Å². The minimum atomic E-state index is 0.0395. The topological polar surface area (TPSA) is 95.7 Å². The van der Waals surface area contributed by atoms with E-state index >= 15 is 0 Å². The third-order valence-corrected chi connectivity index (χ3v) is 6.43. The van der Waals surface area contributed by atoms with Crippen molar-refractivity contribution in [1.82, 2.24) is 14.5 Å². The lowest BCUT2D eigenvalue weighted by molar-refractivity contribution is 0.122. The Hall–Kier alpha value is -3.78. The summed E-state index contributed by atoms with van der Waals surface area (Å²) in [5.74, 6) is 1.71. The van der Waals surface area contributed by atoms with Crippen molar-refractivity contribution in [2.75, 3.05) is 36.5 Å². The van der Waals surface area contributed by atoms with E-state index in [2.05, 4.69) is 40.5 Å². The minimum Gasteiger partial charge on any atom is -0.494 e. The van der Waals surface area contributed by atoms with Gasteiger partial charge in [-0.3, -0.25) is 4.57 Å². The first-order chi connectivity index (χ1) is 16.6. The van der Waals surface area contributed by atoms with Crippen LogP contribution in [0.15, 0.2) is 54.6 Å². The molecule has 8 nitrogen and oxygen atoms in total. The van der Waals surface area contributed by atoms with Gasteiger partial charge < -0.3 is 25.2 Å². The Morgan fingerprint density at radius 2 is 1.68 bits per heavy atom. The van der Waals surface area contributed by atoms with E-state index in [4.69, 9.17) is 14.7 Å². The summed E-state index contributed by atoms with van der Waals surface area (Å²) in [7, 11) is 0. The van der Waals surface area contributed by atoms with Gasteiger partial charge in [0.05, 0.1) is 25.3 Å². The Morgan fingerprint density at radius 3 is 2.44 bits per heavy atom. The molecule has 6 rings (SSSR count). The molecule has 0 radical (unpaired) electrons. The highest BCUT2D eigenvalue weighted by atomic mass is 16.5. The van der Waals surface area contributed by atoms with E-state index in [1.165, 1.54) is 29.5 Å². The van der Waals surface area contributed by atoms with E-state index in [9.17, 15) is 10.2 Å². The highest BCUT2D eigenvalue weighted by molar-refractivity contribution is 5.93. The Morgan fingerprint density at radius 1 is 0.912 bits per heavy atom. The van der Waals surface area contributed by atoms with Crippen LogP contribution < -0.4 is 10.2 Å². The number of anilines is 2. The second kappa shape index (κ2) is 8.53. The van der Waals surface area contributed by atoms with Crippen LogP contribution in [0.1, 0.15) is 18.4 Å². The largest absolute Gasteiger partial charge is 0.494 e. The maximum Gasteiger partial charge on any atom is 0.228 e. The van der Waals surface area contributed by atoms with Crippen molar-refractivity contribution in [3.63, 3.8) is 0 Å². The van der Waals surface area contributed by atoms with Crippen molar-refractivity contribution in [2.45, 2.75) is 25.4 Å². The molecular weight excluding hydrogens is 430 g/mol. The average Bonchev–Trinajstić information content (AvgIpc) is 3.64. The van der Waals surface area contributed by atoms with Crippen LogP contribution in [-0.4, -0.2) is 57.1 Å². The number of benzene rings is 2. The number of hydrogen-bond acceptors (Lipinski definition) is 7. The minimum absolute atomic E-state index is 0.0395. The van der Waals surface area contributed by atoms with Gasteiger partial charge in [-0.25, -0.2) is 4.98 Å². The van der Waals surface area contributed by atoms with Gasteiger partial charge in [-0.2, -0.15) is 4.98 Å². The zero-order chi connectivity index (χ0) is 23.1. The summed E-state index contributed by atoms with van der Waals surface area (Å²) in [6, 6.07) is 17.9. The Balaban J connectivity index is 1.36. The van der Waals surface area contributed by atoms with Crippen LogP contribution in [0.25, 0.3) is 22.0 Å². The third-order valence-electron chi connectivity index (χ3n) is 6.43. The molecule has 1 aliphatic carbocycles. The van der Waals surface area contributed by atoms with Gasteiger partial charge in [0, 0.05) is 36.7 Å². The van der Waals surface area contributed by atoms with Crippen molar-refractivity contribution in [3.05, 3.63) is 60.2 Å². The first kappa shape index (κ1) is 20.8. The summed E-state index contributed by atoms with van der Waals surface area (Å²) >= 11 is 0. The van der Waals surface area contributed by atoms with Crippen molar-refractivity contribution < 1.29 is 14.9 Å². The van der Waals surface area contributed by atoms with Crippen LogP contribution in [0.3, 0.4) is 0 Å². The lowest BCUT2D eigenvalue weighted by Crippen LogP contribution is -2.37. The van der Waals surface area contributed by atoms with Gasteiger partial charge >= 0.3 is 0 Å². The van der Waals surface area contributed by atoms with Crippen molar-refractivity contribution in [2.24, 2.45) is 0 Å². The Kier molecular flexibility index (Phi) is 5.22. The highest BCUT2D eigenvalue weighted by Gasteiger charge is 2.24. The highest BCUT2D eigenvalue weighted by Crippen LogP contribution is 2.33. The Bertz CT molecular complexity index is 1320. The SMILES string of the molecule is Oc1ccc(O)n1Cc1cccc(-c2ccc3nc(N4CCOCC4)nc(NC4CC4)c3c2)c1. The lowest BCUT2D eigenvalue weighted by atomic mass is 10.0. The van der Waals surface area contributed by atoms with Gasteiger partial charge in [0.1, 0.15) is 5.82 Å². The second-order valence-electron chi connectivity index (χ2n) is 8.96. The molecule has 2 aromatic carbocycles. The molecule has 1 aliphatic heterocycles. The molecule has 0 spiro atoms. The number of hydrogen-bond donors (Lipinski definition) is 3. The summed E-state index contributed by atoms with van der Waals surface area (Å²) in [5, 5.41) is 24.6. The molecule has 4 aromatic rings. The van der Waals surface area contributed by atoms with E-state index in [1.807, 2.05) is 12.1 Å². The van der Waals surface area contributed by atoms with Gasteiger partial charge in [-0.1, -0.05) is 24.3 Å². The number of nitrogens with zero attached hydrogens (tertiary/aromatic N) is 4. The summed E-state index contributed by atoms with van der Waals surface area (Å²) in [5.41, 5.74) is 4.02. The van der Waals surface area contributed by atoms with Crippen molar-refractivity contribution >= 4 is 22.7 Å². The van der Waals surface area contributed by atoms with Crippen molar-refractivity contribution in [3.8, 4) is 22.9 Å². The van der Waals surface area contributed by atoms with Crippen LogP contribution in [0.4, 0.5) is 11.8 Å². The fourth-order valence-electron chi connectivity index (χ4n) is 4.37. The molecule has 174 valence electrons. The first-order valence-corrected chi connectivity index (χ1v) is 11.7. The van der Waals surface area contributed by atoms with E-state index < -0.39 is 0 Å². The monoisotopic (exact) mass is 457 g/mol. The predicted octanol–water partition coefficient (Wildman–Crippen LogP) is 3.97. The zero-order valence-electron chi connectivity index (χ0n) is 18.8. The number of nitrogens with one attached hydrogen (secondary N) is 1. The molecule has 8 heteroatoms. The van der Waals surface area contributed by atoms with Crippen molar-refractivity contribution in [1.29, 1.82) is 0 Å². The average molecular weight is 458 g/mol. The fraction of sp³-hybridized carbons (Fsp3) is 0.308. The van der Waals surface area contributed by atoms with Crippen LogP contribution in [0.2, 0.25) is 0 Å². The predicted molar refractivity (Wildman–Crippen MR) is 132 cm³/mol. The third kappa shape index (κ3) is 4.12. The summed E-state index contributed by atoms with van der Waals surface area (Å²) in [4.78, 5) is 12.0. The van der Waals surface area contributed by atoms with E-state index in [0.717, 1.165) is 52.4 Å². The molecule has 34 heavy (non-hydrogen) atoms. The number of aromatic nitrogens is 3. The van der Waals surface area contributed by atoms with E-state index in [-0.39, 0.29) is 11.8 Å². The molecule has 3 heterocycles. The zero-order valence-corrected chi connectivity index (χ0v) is 18.8. The molecule has 2 fully saturated rings. The molecule has 0 bridgehead atoms. The molecule has 1 saturated heterocycles. The first-order valence-electron chi connectivity index (χ1n) is 11.7. The van der Waals surface area contributed by atoms with E-state index in [1.54, 1.807) is 0 Å². The summed E-state index contributed by atoms with van der Waals surface area (Å²) in [6.45, 7) is 3.37. The molecule has 0 amide bonds. The number of fused-ring (bicyclic) bond motifs is 1. The maximum atomic E-state index is 9.99. The van der Waals surface area contributed by atoms with Crippen LogP contribution >= 0.6 is 0 Å². The molecular formula is C26H27N5O3. The fourth-order valence-corrected chi connectivity index (χ4v) is 4.37. The number of rotatable bonds is 6. The van der Waals surface area contributed by atoms with Gasteiger partial charge in [0.15, 0.2) is 11.8 Å². The molecule has 0 unspecified atom stereocenters. The molecule has 2 aliphatic rings. The van der Waals surface area contributed by atoms with Gasteiger partial charge in [-0.05, 0) is 47.7 Å². The molecule has 2 aromatic heterocycles. The number of aromatic hydroxyl groups is 2. The maximum absolute atomic E-state index is 9.99. The number of morpholine rings is 1. The van der Waals surface area contributed by atoms with Crippen LogP contribution in [0, 0.1) is 0 Å². The van der Waals surface area contributed by atoms with Gasteiger partial charge in [0.25, 0.3) is 0 Å². The second-order valence-corrected chi connectivity index (χ2v) is 8.96. The summed E-state index contributed by atoms with van der Waals surface area (Å²) < 4.78 is 6.96. The van der Waals surface area contributed by atoms with E-state index in [0.29, 0.717) is 25.8 Å². The summed E-state index contributed by atoms with van der Waals surface area (Å²) in [6.07, 6.45) is 2.33. The lowest BCUT2D eigenvalue weighted by Gasteiger charge is -2.27. The normalized spacial score (nSPS) is 16.2. The molecule has 0 atom stereocenters. The molecule has 3 N–H and O–H groups in total. The standard InChI is InChI=1S/C26H27N5O3/c32-23-8-9-24(33)31(23)16-17-2-1-3-18(14-17)19-4-7-22-21(15-19)25(27-20-5-6-20)29-26(28-22)30-10-12-34-13-11-30/h1-4,7-9,14-15,20,32-33H,5-6,10-13,16H2,(H,27,28,29). The Labute approximate surface area is 197 Å². The quantitative estimate of drug-likeness (QED) is 0.403.